The first-order valence-electron chi connectivity index (χ1n) is 3.95. The molecule has 0 aliphatic carbocycles. The molecule has 0 amide bonds. The van der Waals surface area contributed by atoms with Gasteiger partial charge < -0.3 is 5.32 Å². The third kappa shape index (κ3) is 1.27. The highest BCUT2D eigenvalue weighted by atomic mass is 79.9. The van der Waals surface area contributed by atoms with Crippen molar-refractivity contribution in [1.82, 2.24) is 5.32 Å². The first-order chi connectivity index (χ1) is 5.79. The Bertz CT molecular complexity index is 281. The average Bonchev–Trinajstić information content (AvgIpc) is 2.12. The van der Waals surface area contributed by atoms with E-state index in [9.17, 15) is 4.39 Å². The first kappa shape index (κ1) is 8.20. The molecule has 1 aliphatic rings. The first-order valence-corrected chi connectivity index (χ1v) is 4.75. The molecular formula is C9H9BrFN. The number of nitrogens with one attached hydrogen (secondary N) is 1. The van der Waals surface area contributed by atoms with Crippen LogP contribution in [0, 0.1) is 5.82 Å². The lowest BCUT2D eigenvalue weighted by Gasteiger charge is -2.18. The molecule has 1 N–H and O–H groups in total. The maximum Gasteiger partial charge on any atom is 0.128 e. The van der Waals surface area contributed by atoms with Crippen LogP contribution >= 0.6 is 15.9 Å². The molecule has 64 valence electrons. The number of fused-ring (bicyclic) bond motifs is 1. The maximum atomic E-state index is 13.2. The monoisotopic (exact) mass is 229 g/mol. The Kier molecular flexibility index (Phi) is 2.15. The molecule has 0 fully saturated rings. The van der Waals surface area contributed by atoms with E-state index < -0.39 is 0 Å². The molecule has 2 rings (SSSR count). The van der Waals surface area contributed by atoms with E-state index in [-0.39, 0.29) is 5.82 Å². The van der Waals surface area contributed by atoms with Gasteiger partial charge in [0.1, 0.15) is 5.82 Å². The van der Waals surface area contributed by atoms with Crippen LogP contribution in [0.1, 0.15) is 11.1 Å². The molecule has 1 heterocycles. The van der Waals surface area contributed by atoms with Crippen molar-refractivity contribution in [1.29, 1.82) is 0 Å². The van der Waals surface area contributed by atoms with Crippen LogP contribution in [0.4, 0.5) is 4.39 Å². The molecule has 0 spiro atoms. The molecule has 1 aromatic carbocycles. The van der Waals surface area contributed by atoms with Crippen molar-refractivity contribution in [3.8, 4) is 0 Å². The van der Waals surface area contributed by atoms with Crippen LogP contribution in [0.2, 0.25) is 0 Å². The molecule has 0 saturated carbocycles. The molecule has 12 heavy (non-hydrogen) atoms. The normalized spacial score (nSPS) is 15.8. The van der Waals surface area contributed by atoms with Crippen LogP contribution < -0.4 is 5.32 Å². The molecule has 0 unspecified atom stereocenters. The molecule has 1 aromatic rings. The summed E-state index contributed by atoms with van der Waals surface area (Å²) in [5.74, 6) is -0.0969. The van der Waals surface area contributed by atoms with Gasteiger partial charge in [-0.2, -0.15) is 0 Å². The van der Waals surface area contributed by atoms with Crippen molar-refractivity contribution < 1.29 is 4.39 Å². The Morgan fingerprint density at radius 2 is 2.17 bits per heavy atom. The van der Waals surface area contributed by atoms with Gasteiger partial charge in [0.2, 0.25) is 0 Å². The number of halogens is 2. The standard InChI is InChI=1S/C9H9BrFN/c10-8-1-2-9(11)7-5-12-4-3-6(7)8/h1-2,12H,3-5H2. The fraction of sp³-hybridized carbons (Fsp3) is 0.333. The molecule has 1 aliphatic heterocycles. The molecule has 0 aromatic heterocycles. The van der Waals surface area contributed by atoms with Gasteiger partial charge in [-0.05, 0) is 30.7 Å². The number of rotatable bonds is 0. The summed E-state index contributed by atoms with van der Waals surface area (Å²) >= 11 is 3.42. The molecular weight excluding hydrogens is 221 g/mol. The fourth-order valence-electron chi connectivity index (χ4n) is 1.52. The highest BCUT2D eigenvalue weighted by Gasteiger charge is 2.14. The minimum atomic E-state index is -0.0969. The van der Waals surface area contributed by atoms with Crippen LogP contribution in [0.15, 0.2) is 16.6 Å². The van der Waals surface area contributed by atoms with E-state index in [0.717, 1.165) is 28.6 Å². The summed E-state index contributed by atoms with van der Waals surface area (Å²) < 4.78 is 14.2. The largest absolute Gasteiger partial charge is 0.312 e. The van der Waals surface area contributed by atoms with E-state index in [1.807, 2.05) is 0 Å². The Labute approximate surface area is 79.1 Å². The summed E-state index contributed by atoms with van der Waals surface area (Å²) in [6, 6.07) is 3.29. The highest BCUT2D eigenvalue weighted by molar-refractivity contribution is 9.10. The third-order valence-corrected chi connectivity index (χ3v) is 2.91. The van der Waals surface area contributed by atoms with Crippen molar-refractivity contribution in [2.45, 2.75) is 13.0 Å². The lowest BCUT2D eigenvalue weighted by Crippen LogP contribution is -2.24. The fourth-order valence-corrected chi connectivity index (χ4v) is 2.09. The average molecular weight is 230 g/mol. The van der Waals surface area contributed by atoms with Crippen LogP contribution in [0.25, 0.3) is 0 Å². The van der Waals surface area contributed by atoms with E-state index in [1.54, 1.807) is 6.07 Å². The number of benzene rings is 1. The third-order valence-electron chi connectivity index (χ3n) is 2.17. The highest BCUT2D eigenvalue weighted by Crippen LogP contribution is 2.25. The summed E-state index contributed by atoms with van der Waals surface area (Å²) in [5.41, 5.74) is 1.93. The van der Waals surface area contributed by atoms with Gasteiger partial charge in [-0.25, -0.2) is 4.39 Å². The van der Waals surface area contributed by atoms with Crippen LogP contribution in [0.3, 0.4) is 0 Å². The summed E-state index contributed by atoms with van der Waals surface area (Å²) in [5, 5.41) is 3.15. The van der Waals surface area contributed by atoms with E-state index in [4.69, 9.17) is 0 Å². The summed E-state index contributed by atoms with van der Waals surface area (Å²) in [6.45, 7) is 1.59. The second-order valence-corrected chi connectivity index (χ2v) is 3.77. The lowest BCUT2D eigenvalue weighted by molar-refractivity contribution is 0.562. The van der Waals surface area contributed by atoms with Crippen LogP contribution in [-0.2, 0) is 13.0 Å². The number of hydrogen-bond donors (Lipinski definition) is 1. The van der Waals surface area contributed by atoms with Gasteiger partial charge in [0.15, 0.2) is 0 Å². The van der Waals surface area contributed by atoms with Gasteiger partial charge in [-0.1, -0.05) is 15.9 Å². The van der Waals surface area contributed by atoms with Gasteiger partial charge in [-0.3, -0.25) is 0 Å². The SMILES string of the molecule is Fc1ccc(Br)c2c1CNCC2. The van der Waals surface area contributed by atoms with Crippen LogP contribution in [-0.4, -0.2) is 6.54 Å². The summed E-state index contributed by atoms with van der Waals surface area (Å²) in [6.07, 6.45) is 0.910. The van der Waals surface area contributed by atoms with E-state index in [2.05, 4.69) is 21.2 Å². The molecule has 0 bridgehead atoms. The van der Waals surface area contributed by atoms with Gasteiger partial charge >= 0.3 is 0 Å². The molecule has 0 saturated heterocycles. The van der Waals surface area contributed by atoms with Gasteiger partial charge in [0, 0.05) is 16.6 Å². The predicted octanol–water partition coefficient (Wildman–Crippen LogP) is 2.23. The van der Waals surface area contributed by atoms with Crippen molar-refractivity contribution in [2.24, 2.45) is 0 Å². The topological polar surface area (TPSA) is 12.0 Å². The van der Waals surface area contributed by atoms with Gasteiger partial charge in [0.25, 0.3) is 0 Å². The van der Waals surface area contributed by atoms with Crippen LogP contribution in [0.5, 0.6) is 0 Å². The zero-order valence-electron chi connectivity index (χ0n) is 6.53. The Morgan fingerprint density at radius 3 is 2.92 bits per heavy atom. The molecule has 1 nitrogen and oxygen atoms in total. The second-order valence-electron chi connectivity index (χ2n) is 2.91. The van der Waals surface area contributed by atoms with E-state index in [0.29, 0.717) is 6.54 Å². The summed E-state index contributed by atoms with van der Waals surface area (Å²) in [4.78, 5) is 0. The summed E-state index contributed by atoms with van der Waals surface area (Å²) in [7, 11) is 0. The second kappa shape index (κ2) is 3.15. The molecule has 0 radical (unpaired) electrons. The maximum absolute atomic E-state index is 13.2. The minimum absolute atomic E-state index is 0.0969. The van der Waals surface area contributed by atoms with Gasteiger partial charge in [0.05, 0.1) is 0 Å². The quantitative estimate of drug-likeness (QED) is 0.720. The lowest BCUT2D eigenvalue weighted by atomic mass is 10.0. The van der Waals surface area contributed by atoms with Gasteiger partial charge in [-0.15, -0.1) is 0 Å². The Balaban J connectivity index is 2.57. The smallest absolute Gasteiger partial charge is 0.128 e. The Hall–Kier alpha value is -0.410. The number of hydrogen-bond acceptors (Lipinski definition) is 1. The molecule has 0 atom stereocenters. The minimum Gasteiger partial charge on any atom is -0.312 e. The van der Waals surface area contributed by atoms with Crippen molar-refractivity contribution >= 4 is 15.9 Å². The zero-order chi connectivity index (χ0) is 8.55. The van der Waals surface area contributed by atoms with E-state index in [1.165, 1.54) is 6.07 Å². The Morgan fingerprint density at radius 1 is 1.33 bits per heavy atom. The van der Waals surface area contributed by atoms with E-state index >= 15 is 0 Å². The van der Waals surface area contributed by atoms with Crippen molar-refractivity contribution in [2.75, 3.05) is 6.54 Å². The predicted molar refractivity (Wildman–Crippen MR) is 49.5 cm³/mol. The van der Waals surface area contributed by atoms with Crippen molar-refractivity contribution in [3.05, 3.63) is 33.5 Å². The molecule has 3 heteroatoms. The zero-order valence-corrected chi connectivity index (χ0v) is 8.12. The van der Waals surface area contributed by atoms with Crippen molar-refractivity contribution in [3.63, 3.8) is 0 Å².